The third-order valence-corrected chi connectivity index (χ3v) is 3.69. The van der Waals surface area contributed by atoms with E-state index in [2.05, 4.69) is 15.9 Å². The Balaban J connectivity index is 3.66. The second kappa shape index (κ2) is 4.35. The van der Waals surface area contributed by atoms with E-state index in [9.17, 15) is 4.79 Å². The molecule has 0 amide bonds. The maximum absolute atomic E-state index is 11.5. The van der Waals surface area contributed by atoms with Gasteiger partial charge in [0.2, 0.25) is 0 Å². The smallest absolute Gasteiger partial charge is 0.160 e. The predicted octanol–water partition coefficient (Wildman–Crippen LogP) is 3.59. The van der Waals surface area contributed by atoms with Crippen LogP contribution < -0.4 is 4.74 Å². The summed E-state index contributed by atoms with van der Waals surface area (Å²) in [6.45, 7) is 7.43. The van der Waals surface area contributed by atoms with Gasteiger partial charge in [-0.25, -0.2) is 0 Å². The number of rotatable bonds is 2. The highest BCUT2D eigenvalue weighted by Gasteiger charge is 2.18. The van der Waals surface area contributed by atoms with Crippen LogP contribution in [0.1, 0.15) is 34.0 Å². The number of hydrogen-bond acceptors (Lipinski definition) is 2. The van der Waals surface area contributed by atoms with Gasteiger partial charge in [-0.3, -0.25) is 4.79 Å². The van der Waals surface area contributed by atoms with Crippen LogP contribution in [0.25, 0.3) is 0 Å². The van der Waals surface area contributed by atoms with Gasteiger partial charge < -0.3 is 4.74 Å². The predicted molar refractivity (Wildman–Crippen MR) is 64.9 cm³/mol. The van der Waals surface area contributed by atoms with Gasteiger partial charge in [0.25, 0.3) is 0 Å². The Kier molecular flexibility index (Phi) is 3.55. The third-order valence-electron chi connectivity index (χ3n) is 2.74. The van der Waals surface area contributed by atoms with E-state index in [1.165, 1.54) is 0 Å². The summed E-state index contributed by atoms with van der Waals surface area (Å²) in [6, 6.07) is 0. The first kappa shape index (κ1) is 12.2. The lowest BCUT2D eigenvalue weighted by molar-refractivity contribution is 0.101. The molecular formula is C12H15BrO2. The second-order valence-corrected chi connectivity index (χ2v) is 4.45. The molecule has 0 aromatic heterocycles. The maximum Gasteiger partial charge on any atom is 0.160 e. The highest BCUT2D eigenvalue weighted by Crippen LogP contribution is 2.36. The Morgan fingerprint density at radius 1 is 1.13 bits per heavy atom. The van der Waals surface area contributed by atoms with Gasteiger partial charge in [0, 0.05) is 5.56 Å². The minimum Gasteiger partial charge on any atom is -0.495 e. The van der Waals surface area contributed by atoms with E-state index in [0.29, 0.717) is 0 Å². The standard InChI is InChI=1S/C12H15BrO2/c1-6-7(2)12(15-5)11(13)8(3)10(6)9(4)14/h1-5H3. The number of carbonyl (C=O) groups excluding carboxylic acids is 1. The van der Waals surface area contributed by atoms with Crippen molar-refractivity contribution in [2.45, 2.75) is 27.7 Å². The van der Waals surface area contributed by atoms with Crippen LogP contribution in [-0.2, 0) is 0 Å². The first-order valence-electron chi connectivity index (χ1n) is 4.76. The molecule has 0 aliphatic carbocycles. The summed E-state index contributed by atoms with van der Waals surface area (Å²) in [6.07, 6.45) is 0. The van der Waals surface area contributed by atoms with Crippen LogP contribution >= 0.6 is 15.9 Å². The van der Waals surface area contributed by atoms with Crippen molar-refractivity contribution in [3.63, 3.8) is 0 Å². The van der Waals surface area contributed by atoms with Crippen molar-refractivity contribution in [3.8, 4) is 5.75 Å². The number of halogens is 1. The summed E-state index contributed by atoms with van der Waals surface area (Å²) in [5, 5.41) is 0. The molecule has 0 aliphatic rings. The molecule has 0 N–H and O–H groups in total. The molecule has 0 heterocycles. The van der Waals surface area contributed by atoms with Crippen molar-refractivity contribution in [2.24, 2.45) is 0 Å². The normalized spacial score (nSPS) is 10.3. The molecule has 1 rings (SSSR count). The van der Waals surface area contributed by atoms with E-state index in [1.807, 2.05) is 20.8 Å². The van der Waals surface area contributed by atoms with Crippen LogP contribution in [0.5, 0.6) is 5.75 Å². The molecule has 0 atom stereocenters. The Labute approximate surface area is 98.8 Å². The number of hydrogen-bond donors (Lipinski definition) is 0. The summed E-state index contributed by atoms with van der Waals surface area (Å²) in [5.41, 5.74) is 3.75. The molecule has 0 radical (unpaired) electrons. The third kappa shape index (κ3) is 1.93. The second-order valence-electron chi connectivity index (χ2n) is 3.65. The van der Waals surface area contributed by atoms with E-state index >= 15 is 0 Å². The van der Waals surface area contributed by atoms with Crippen molar-refractivity contribution in [1.29, 1.82) is 0 Å². The molecule has 0 aliphatic heterocycles. The van der Waals surface area contributed by atoms with Gasteiger partial charge in [-0.2, -0.15) is 0 Å². The van der Waals surface area contributed by atoms with Gasteiger partial charge in [0.05, 0.1) is 11.6 Å². The summed E-state index contributed by atoms with van der Waals surface area (Å²) < 4.78 is 6.19. The minimum absolute atomic E-state index is 0.0939. The topological polar surface area (TPSA) is 26.3 Å². The van der Waals surface area contributed by atoms with Crippen LogP contribution in [0.2, 0.25) is 0 Å². The molecule has 1 aromatic rings. The van der Waals surface area contributed by atoms with E-state index < -0.39 is 0 Å². The fourth-order valence-electron chi connectivity index (χ4n) is 1.85. The molecule has 15 heavy (non-hydrogen) atoms. The molecule has 0 fully saturated rings. The zero-order valence-corrected chi connectivity index (χ0v) is 11.3. The van der Waals surface area contributed by atoms with Crippen molar-refractivity contribution in [1.82, 2.24) is 0 Å². The summed E-state index contributed by atoms with van der Waals surface area (Å²) >= 11 is 3.47. The Hall–Kier alpha value is -0.830. The molecule has 0 spiro atoms. The number of Topliss-reactive ketones (excluding diaryl/α,β-unsaturated/α-hetero) is 1. The molecule has 82 valence electrons. The SMILES string of the molecule is COc1c(C)c(C)c(C(C)=O)c(C)c1Br. The van der Waals surface area contributed by atoms with Crippen molar-refractivity contribution >= 4 is 21.7 Å². The van der Waals surface area contributed by atoms with Gasteiger partial charge >= 0.3 is 0 Å². The van der Waals surface area contributed by atoms with Crippen molar-refractivity contribution in [2.75, 3.05) is 7.11 Å². The van der Waals surface area contributed by atoms with Crippen LogP contribution in [-0.4, -0.2) is 12.9 Å². The van der Waals surface area contributed by atoms with Gasteiger partial charge in [-0.1, -0.05) is 0 Å². The number of ether oxygens (including phenoxy) is 1. The van der Waals surface area contributed by atoms with Gasteiger partial charge in [-0.15, -0.1) is 0 Å². The van der Waals surface area contributed by atoms with E-state index in [0.717, 1.165) is 32.5 Å². The summed E-state index contributed by atoms with van der Waals surface area (Å²) in [5.74, 6) is 0.909. The minimum atomic E-state index is 0.0939. The van der Waals surface area contributed by atoms with Gasteiger partial charge in [0.1, 0.15) is 5.75 Å². The van der Waals surface area contributed by atoms with Crippen LogP contribution in [0.15, 0.2) is 4.47 Å². The van der Waals surface area contributed by atoms with Gasteiger partial charge in [0.15, 0.2) is 5.78 Å². The van der Waals surface area contributed by atoms with E-state index in [1.54, 1.807) is 14.0 Å². The number of methoxy groups -OCH3 is 1. The quantitative estimate of drug-likeness (QED) is 0.768. The lowest BCUT2D eigenvalue weighted by Crippen LogP contribution is -2.05. The highest BCUT2D eigenvalue weighted by molar-refractivity contribution is 9.10. The average molecular weight is 271 g/mol. The lowest BCUT2D eigenvalue weighted by Gasteiger charge is -2.16. The fourth-order valence-corrected chi connectivity index (χ4v) is 2.51. The molecular weight excluding hydrogens is 256 g/mol. The first-order chi connectivity index (χ1) is 6.91. The van der Waals surface area contributed by atoms with Crippen LogP contribution in [0, 0.1) is 20.8 Å². The molecule has 1 aromatic carbocycles. The summed E-state index contributed by atoms with van der Waals surface area (Å²) in [7, 11) is 1.64. The number of carbonyl (C=O) groups is 1. The Morgan fingerprint density at radius 3 is 2.07 bits per heavy atom. The molecule has 0 unspecified atom stereocenters. The molecule has 2 nitrogen and oxygen atoms in total. The Morgan fingerprint density at radius 2 is 1.67 bits per heavy atom. The fraction of sp³-hybridized carbons (Fsp3) is 0.417. The molecule has 0 saturated carbocycles. The van der Waals surface area contributed by atoms with E-state index in [4.69, 9.17) is 4.74 Å². The average Bonchev–Trinajstić information content (AvgIpc) is 2.16. The zero-order valence-electron chi connectivity index (χ0n) is 9.69. The van der Waals surface area contributed by atoms with Crippen LogP contribution in [0.4, 0.5) is 0 Å². The largest absolute Gasteiger partial charge is 0.495 e. The number of ketones is 1. The first-order valence-corrected chi connectivity index (χ1v) is 5.55. The van der Waals surface area contributed by atoms with Crippen molar-refractivity contribution in [3.05, 3.63) is 26.7 Å². The number of benzene rings is 1. The van der Waals surface area contributed by atoms with E-state index in [-0.39, 0.29) is 5.78 Å². The van der Waals surface area contributed by atoms with Crippen LogP contribution in [0.3, 0.4) is 0 Å². The summed E-state index contributed by atoms with van der Waals surface area (Å²) in [4.78, 5) is 11.5. The zero-order chi connectivity index (χ0) is 11.7. The lowest BCUT2D eigenvalue weighted by atomic mass is 9.95. The van der Waals surface area contributed by atoms with Gasteiger partial charge in [-0.05, 0) is 60.3 Å². The molecule has 0 bridgehead atoms. The van der Waals surface area contributed by atoms with Crippen molar-refractivity contribution < 1.29 is 9.53 Å². The Bertz CT molecular complexity index is 393. The monoisotopic (exact) mass is 270 g/mol. The highest BCUT2D eigenvalue weighted by atomic mass is 79.9. The molecule has 3 heteroatoms. The maximum atomic E-state index is 11.5. The molecule has 0 saturated heterocycles.